The van der Waals surface area contributed by atoms with Crippen LogP contribution in [-0.4, -0.2) is 25.8 Å². The van der Waals surface area contributed by atoms with E-state index in [4.69, 9.17) is 5.90 Å². The van der Waals surface area contributed by atoms with Gasteiger partial charge in [0.05, 0.1) is 11.4 Å². The zero-order chi connectivity index (χ0) is 13.0. The summed E-state index contributed by atoms with van der Waals surface area (Å²) in [5.74, 6) is 4.91. The van der Waals surface area contributed by atoms with Gasteiger partial charge < -0.3 is 0 Å². The Bertz CT molecular complexity index is 481. The maximum absolute atomic E-state index is 12.1. The zero-order valence-electron chi connectivity index (χ0n) is 10.0. The van der Waals surface area contributed by atoms with Crippen molar-refractivity contribution in [2.45, 2.75) is 18.6 Å². The summed E-state index contributed by atoms with van der Waals surface area (Å²) in [6.07, 6.45) is 1.91. The molecule has 0 bridgehead atoms. The molecular weight excluding hydrogens is 254 g/mol. The van der Waals surface area contributed by atoms with Crippen LogP contribution in [0.5, 0.6) is 0 Å². The molecule has 1 saturated heterocycles. The first-order valence-corrected chi connectivity index (χ1v) is 7.41. The third-order valence-corrected chi connectivity index (χ3v) is 4.79. The van der Waals surface area contributed by atoms with Crippen LogP contribution in [0.25, 0.3) is 0 Å². The minimum Gasteiger partial charge on any atom is -0.248 e. The van der Waals surface area contributed by atoms with Crippen LogP contribution in [0.1, 0.15) is 18.4 Å². The van der Waals surface area contributed by atoms with Gasteiger partial charge in [-0.1, -0.05) is 12.1 Å². The number of nitrogens with zero attached hydrogens (tertiary/aromatic N) is 1. The fourth-order valence-electron chi connectivity index (χ4n) is 2.01. The molecule has 0 amide bonds. The standard InChI is InChI=1S/C11H17N3O3S/c12-17-13-11-5-3-10(4-6-11)9-18(15,16)14-7-1-2-8-14/h3-6,13H,1-2,7-9,12H2. The molecule has 6 nitrogen and oxygen atoms in total. The highest BCUT2D eigenvalue weighted by atomic mass is 32.2. The van der Waals surface area contributed by atoms with Gasteiger partial charge in [-0.25, -0.2) is 18.2 Å². The highest BCUT2D eigenvalue weighted by Crippen LogP contribution is 2.18. The van der Waals surface area contributed by atoms with Crippen LogP contribution in [-0.2, 0) is 20.7 Å². The van der Waals surface area contributed by atoms with Crippen molar-refractivity contribution in [1.29, 1.82) is 0 Å². The second kappa shape index (κ2) is 5.66. The molecule has 0 aromatic heterocycles. The number of anilines is 1. The van der Waals surface area contributed by atoms with Gasteiger partial charge >= 0.3 is 0 Å². The topological polar surface area (TPSA) is 84.7 Å². The molecule has 7 heteroatoms. The number of hydrogen-bond donors (Lipinski definition) is 2. The molecule has 0 radical (unpaired) electrons. The molecule has 1 aromatic carbocycles. The predicted octanol–water partition coefficient (Wildman–Crippen LogP) is 0.829. The molecule has 0 unspecified atom stereocenters. The molecule has 1 heterocycles. The minimum atomic E-state index is -3.18. The Kier molecular flexibility index (Phi) is 4.18. The van der Waals surface area contributed by atoms with Crippen molar-refractivity contribution in [2.24, 2.45) is 5.90 Å². The molecule has 0 spiro atoms. The lowest BCUT2D eigenvalue weighted by molar-refractivity contribution is 0.201. The first-order valence-electron chi connectivity index (χ1n) is 5.80. The molecule has 3 N–H and O–H groups in total. The summed E-state index contributed by atoms with van der Waals surface area (Å²) in [7, 11) is -3.18. The Balaban J connectivity index is 2.04. The summed E-state index contributed by atoms with van der Waals surface area (Å²) in [5, 5.41) is 0. The van der Waals surface area contributed by atoms with E-state index in [0.717, 1.165) is 18.4 Å². The molecule has 0 atom stereocenters. The van der Waals surface area contributed by atoms with Gasteiger partial charge in [-0.3, -0.25) is 0 Å². The van der Waals surface area contributed by atoms with Gasteiger partial charge in [0, 0.05) is 13.1 Å². The van der Waals surface area contributed by atoms with Gasteiger partial charge in [0.25, 0.3) is 0 Å². The van der Waals surface area contributed by atoms with Crippen LogP contribution in [0.4, 0.5) is 5.69 Å². The summed E-state index contributed by atoms with van der Waals surface area (Å²) in [6, 6.07) is 6.94. The van der Waals surface area contributed by atoms with E-state index >= 15 is 0 Å². The normalized spacial score (nSPS) is 16.9. The molecule has 0 saturated carbocycles. The van der Waals surface area contributed by atoms with Crippen molar-refractivity contribution in [3.63, 3.8) is 0 Å². The van der Waals surface area contributed by atoms with E-state index in [1.165, 1.54) is 0 Å². The number of nitrogens with one attached hydrogen (secondary N) is 1. The van der Waals surface area contributed by atoms with Gasteiger partial charge in [0.2, 0.25) is 10.0 Å². The lowest BCUT2D eigenvalue weighted by Gasteiger charge is -2.15. The van der Waals surface area contributed by atoms with E-state index in [1.54, 1.807) is 28.6 Å². The fraction of sp³-hybridized carbons (Fsp3) is 0.455. The molecule has 18 heavy (non-hydrogen) atoms. The third-order valence-electron chi connectivity index (χ3n) is 2.94. The second-order valence-electron chi connectivity index (χ2n) is 4.28. The Labute approximate surface area is 107 Å². The summed E-state index contributed by atoms with van der Waals surface area (Å²) in [5.41, 5.74) is 3.91. The van der Waals surface area contributed by atoms with Crippen LogP contribution in [0, 0.1) is 0 Å². The summed E-state index contributed by atoms with van der Waals surface area (Å²) < 4.78 is 25.7. The van der Waals surface area contributed by atoms with Crippen LogP contribution < -0.4 is 11.4 Å². The van der Waals surface area contributed by atoms with E-state index in [1.807, 2.05) is 0 Å². The average Bonchev–Trinajstić information content (AvgIpc) is 2.86. The van der Waals surface area contributed by atoms with E-state index in [0.29, 0.717) is 18.8 Å². The van der Waals surface area contributed by atoms with E-state index in [2.05, 4.69) is 10.4 Å². The Hall–Kier alpha value is -1.15. The van der Waals surface area contributed by atoms with Crippen LogP contribution in [0.2, 0.25) is 0 Å². The molecule has 1 aliphatic rings. The highest BCUT2D eigenvalue weighted by molar-refractivity contribution is 7.88. The summed E-state index contributed by atoms with van der Waals surface area (Å²) >= 11 is 0. The van der Waals surface area contributed by atoms with Gasteiger partial charge in [-0.2, -0.15) is 10.8 Å². The van der Waals surface area contributed by atoms with Crippen LogP contribution in [0.3, 0.4) is 0 Å². The Morgan fingerprint density at radius 2 is 1.83 bits per heavy atom. The van der Waals surface area contributed by atoms with Gasteiger partial charge in [0.15, 0.2) is 0 Å². The third kappa shape index (κ3) is 3.20. The number of benzene rings is 1. The molecular formula is C11H17N3O3S. The largest absolute Gasteiger partial charge is 0.248 e. The van der Waals surface area contributed by atoms with Crippen LogP contribution in [0.15, 0.2) is 24.3 Å². The molecule has 1 aliphatic heterocycles. The fourth-order valence-corrected chi connectivity index (χ4v) is 3.62. The van der Waals surface area contributed by atoms with Crippen LogP contribution >= 0.6 is 0 Å². The van der Waals surface area contributed by atoms with Crippen molar-refractivity contribution < 1.29 is 13.4 Å². The number of hydrogen-bond acceptors (Lipinski definition) is 5. The SMILES string of the molecule is NONc1ccc(CS(=O)(=O)N2CCCC2)cc1. The smallest absolute Gasteiger partial charge is 0.218 e. The molecule has 2 rings (SSSR count). The number of nitrogens with two attached hydrogens (primary N) is 1. The van der Waals surface area contributed by atoms with Crippen molar-refractivity contribution in [3.8, 4) is 0 Å². The lowest BCUT2D eigenvalue weighted by Crippen LogP contribution is -2.29. The number of rotatable bonds is 5. The molecule has 1 aromatic rings. The summed E-state index contributed by atoms with van der Waals surface area (Å²) in [6.45, 7) is 1.28. The maximum Gasteiger partial charge on any atom is 0.218 e. The van der Waals surface area contributed by atoms with Crippen molar-refractivity contribution in [2.75, 3.05) is 18.6 Å². The van der Waals surface area contributed by atoms with E-state index in [9.17, 15) is 8.42 Å². The minimum absolute atomic E-state index is 0.0385. The monoisotopic (exact) mass is 271 g/mol. The first-order chi connectivity index (χ1) is 8.62. The molecule has 1 fully saturated rings. The van der Waals surface area contributed by atoms with Gasteiger partial charge in [-0.05, 0) is 30.5 Å². The quantitative estimate of drug-likeness (QED) is 0.775. The summed E-state index contributed by atoms with van der Waals surface area (Å²) in [4.78, 5) is 4.27. The highest BCUT2D eigenvalue weighted by Gasteiger charge is 2.25. The second-order valence-corrected chi connectivity index (χ2v) is 6.25. The van der Waals surface area contributed by atoms with Gasteiger partial charge in [-0.15, -0.1) is 0 Å². The first kappa shape index (κ1) is 13.3. The molecule has 100 valence electrons. The predicted molar refractivity (Wildman–Crippen MR) is 68.8 cm³/mol. The van der Waals surface area contributed by atoms with Crippen molar-refractivity contribution in [3.05, 3.63) is 29.8 Å². The zero-order valence-corrected chi connectivity index (χ0v) is 10.8. The average molecular weight is 271 g/mol. The maximum atomic E-state index is 12.1. The molecule has 0 aliphatic carbocycles. The number of sulfonamides is 1. The Morgan fingerprint density at radius 1 is 1.22 bits per heavy atom. The van der Waals surface area contributed by atoms with E-state index in [-0.39, 0.29) is 5.75 Å². The lowest BCUT2D eigenvalue weighted by atomic mass is 10.2. The van der Waals surface area contributed by atoms with Crippen molar-refractivity contribution >= 4 is 15.7 Å². The van der Waals surface area contributed by atoms with Gasteiger partial charge in [0.1, 0.15) is 0 Å². The van der Waals surface area contributed by atoms with Crippen molar-refractivity contribution in [1.82, 2.24) is 4.31 Å². The Morgan fingerprint density at radius 3 is 2.39 bits per heavy atom. The van der Waals surface area contributed by atoms with E-state index < -0.39 is 10.0 Å².